The minimum atomic E-state index is 0. The van der Waals surface area contributed by atoms with Crippen LogP contribution in [0.25, 0.3) is 33.4 Å². The number of para-hydroxylation sites is 3. The molecule has 0 aliphatic carbocycles. The van der Waals surface area contributed by atoms with E-state index in [1.54, 1.807) is 36.4 Å². The second kappa shape index (κ2) is 16.5. The Morgan fingerprint density at radius 3 is 0.696 bits per heavy atom. The molecule has 46 heavy (non-hydrogen) atoms. The molecule has 0 aliphatic heterocycles. The number of benzene rings is 6. The molecule has 6 aromatic rings. The maximum atomic E-state index is 11.6. The van der Waals surface area contributed by atoms with Crippen molar-refractivity contribution in [2.75, 3.05) is 0 Å². The topological polar surface area (TPSA) is 69.2 Å². The summed E-state index contributed by atoms with van der Waals surface area (Å²) in [5, 5.41) is 34.9. The van der Waals surface area contributed by atoms with Crippen LogP contribution in [0.15, 0.2) is 127 Å². The van der Waals surface area contributed by atoms with Crippen molar-refractivity contribution in [3.05, 3.63) is 161 Å². The molecule has 0 aliphatic rings. The fourth-order valence-corrected chi connectivity index (χ4v) is 5.51. The van der Waals surface area contributed by atoms with Gasteiger partial charge in [0, 0.05) is 0 Å². The Morgan fingerprint density at radius 2 is 0.500 bits per heavy atom. The van der Waals surface area contributed by atoms with Crippen molar-refractivity contribution in [1.29, 1.82) is 0 Å². The Bertz CT molecular complexity index is 1630. The molecular weight excluding hydrogens is 579 g/mol. The van der Waals surface area contributed by atoms with E-state index in [1.165, 1.54) is 33.4 Å². The van der Waals surface area contributed by atoms with Gasteiger partial charge in [0.15, 0.2) is 0 Å². The van der Waals surface area contributed by atoms with Gasteiger partial charge >= 0.3 is 17.4 Å². The molecule has 0 spiro atoms. The van der Waals surface area contributed by atoms with Crippen LogP contribution in [0.4, 0.5) is 0 Å². The summed E-state index contributed by atoms with van der Waals surface area (Å²) in [7, 11) is 0. The molecular formula is C42H39AlO3. The van der Waals surface area contributed by atoms with E-state index >= 15 is 0 Å². The standard InChI is InChI=1S/3C14H14O.Al/c3*1-10-7-11(2)9-12(8-10)13-5-3-4-6-14(13)15;/h3*3-9,15H,1-2H3;/q;;;+3/p-3. The van der Waals surface area contributed by atoms with Crippen molar-refractivity contribution in [3.63, 3.8) is 0 Å². The molecule has 4 heteroatoms. The monoisotopic (exact) mass is 618 g/mol. The van der Waals surface area contributed by atoms with Crippen LogP contribution >= 0.6 is 0 Å². The van der Waals surface area contributed by atoms with Crippen molar-refractivity contribution in [1.82, 2.24) is 0 Å². The number of hydrogen-bond acceptors (Lipinski definition) is 3. The zero-order chi connectivity index (χ0) is 32.5. The zero-order valence-corrected chi connectivity index (χ0v) is 28.6. The largest absolute Gasteiger partial charge is 3.00 e. The van der Waals surface area contributed by atoms with E-state index < -0.39 is 0 Å². The van der Waals surface area contributed by atoms with Crippen LogP contribution < -0.4 is 15.3 Å². The van der Waals surface area contributed by atoms with E-state index in [1.807, 2.05) is 114 Å². The van der Waals surface area contributed by atoms with E-state index in [0.717, 1.165) is 33.4 Å². The first kappa shape index (κ1) is 35.7. The van der Waals surface area contributed by atoms with Gasteiger partial charge in [-0.05, 0) is 74.9 Å². The third kappa shape index (κ3) is 9.88. The molecule has 0 bridgehead atoms. The van der Waals surface area contributed by atoms with E-state index in [0.29, 0.717) is 0 Å². The maximum absolute atomic E-state index is 11.6. The third-order valence-electron chi connectivity index (χ3n) is 7.26. The Balaban J connectivity index is 0.000000186. The van der Waals surface area contributed by atoms with Crippen molar-refractivity contribution >= 4 is 17.4 Å². The number of hydrogen-bond donors (Lipinski definition) is 0. The second-order valence-corrected chi connectivity index (χ2v) is 11.6. The molecule has 0 aromatic heterocycles. The van der Waals surface area contributed by atoms with Gasteiger partial charge < -0.3 is 15.3 Å². The molecule has 0 unspecified atom stereocenters. The van der Waals surface area contributed by atoms with Crippen LogP contribution in [0.1, 0.15) is 33.4 Å². The van der Waals surface area contributed by atoms with Crippen LogP contribution in [0.5, 0.6) is 17.2 Å². The van der Waals surface area contributed by atoms with E-state index in [4.69, 9.17) is 0 Å². The average molecular weight is 619 g/mol. The van der Waals surface area contributed by atoms with Crippen molar-refractivity contribution in [2.24, 2.45) is 0 Å². The summed E-state index contributed by atoms with van der Waals surface area (Å²) in [4.78, 5) is 0. The van der Waals surface area contributed by atoms with Crippen LogP contribution in [-0.4, -0.2) is 17.4 Å². The van der Waals surface area contributed by atoms with Gasteiger partial charge in [-0.3, -0.25) is 0 Å². The Kier molecular flexibility index (Phi) is 12.8. The van der Waals surface area contributed by atoms with Gasteiger partial charge in [0.1, 0.15) is 0 Å². The zero-order valence-electron chi connectivity index (χ0n) is 27.4. The summed E-state index contributed by atoms with van der Waals surface area (Å²) >= 11 is 0. The predicted octanol–water partition coefficient (Wildman–Crippen LogP) is 8.75. The molecule has 0 heterocycles. The average Bonchev–Trinajstić information content (AvgIpc) is 2.97. The smallest absolute Gasteiger partial charge is 0.872 e. The van der Waals surface area contributed by atoms with Crippen LogP contribution in [-0.2, 0) is 0 Å². The molecule has 0 atom stereocenters. The van der Waals surface area contributed by atoms with E-state index in [2.05, 4.69) is 18.2 Å². The Morgan fingerprint density at radius 1 is 0.304 bits per heavy atom. The summed E-state index contributed by atoms with van der Waals surface area (Å²) in [6, 6.07) is 40.0. The van der Waals surface area contributed by atoms with Gasteiger partial charge in [0.05, 0.1) is 0 Å². The maximum Gasteiger partial charge on any atom is 3.00 e. The normalized spacial score (nSPS) is 10.0. The van der Waals surface area contributed by atoms with Crippen LogP contribution in [0.3, 0.4) is 0 Å². The summed E-state index contributed by atoms with van der Waals surface area (Å²) in [5.74, 6) is 0.257. The summed E-state index contributed by atoms with van der Waals surface area (Å²) in [6.07, 6.45) is 0. The number of aryl methyl sites for hydroxylation is 6. The molecule has 0 saturated carbocycles. The van der Waals surface area contributed by atoms with Gasteiger partial charge in [-0.25, -0.2) is 0 Å². The van der Waals surface area contributed by atoms with Gasteiger partial charge in [-0.2, -0.15) is 0 Å². The Hall–Kier alpha value is -4.75. The Labute approximate surface area is 284 Å². The second-order valence-electron chi connectivity index (χ2n) is 11.6. The molecule has 0 radical (unpaired) electrons. The third-order valence-corrected chi connectivity index (χ3v) is 7.26. The molecule has 0 fully saturated rings. The van der Waals surface area contributed by atoms with Crippen LogP contribution in [0, 0.1) is 41.5 Å². The molecule has 0 saturated heterocycles. The first-order chi connectivity index (χ1) is 21.5. The van der Waals surface area contributed by atoms with Gasteiger partial charge in [0.2, 0.25) is 0 Å². The predicted molar refractivity (Wildman–Crippen MR) is 188 cm³/mol. The van der Waals surface area contributed by atoms with Gasteiger partial charge in [-0.1, -0.05) is 161 Å². The minimum absolute atomic E-state index is 0. The van der Waals surface area contributed by atoms with Gasteiger partial charge in [0.25, 0.3) is 0 Å². The fourth-order valence-electron chi connectivity index (χ4n) is 5.51. The molecule has 0 amide bonds. The quantitative estimate of drug-likeness (QED) is 0.186. The summed E-state index contributed by atoms with van der Waals surface area (Å²) < 4.78 is 0. The van der Waals surface area contributed by atoms with E-state index in [-0.39, 0.29) is 34.6 Å². The molecule has 0 N–H and O–H groups in total. The SMILES string of the molecule is Cc1cc(C)cc(-c2ccccc2[O-])c1.Cc1cc(C)cc(-c2ccccc2[O-])c1.Cc1cc(C)cc(-c2ccccc2[O-])c1.[Al+3]. The van der Waals surface area contributed by atoms with Crippen LogP contribution in [0.2, 0.25) is 0 Å². The molecule has 6 aromatic carbocycles. The summed E-state index contributed by atoms with van der Waals surface area (Å²) in [5.41, 5.74) is 12.5. The van der Waals surface area contributed by atoms with E-state index in [9.17, 15) is 15.3 Å². The first-order valence-corrected chi connectivity index (χ1v) is 15.0. The summed E-state index contributed by atoms with van der Waals surface area (Å²) in [6.45, 7) is 12.3. The molecule has 3 nitrogen and oxygen atoms in total. The van der Waals surface area contributed by atoms with Crippen molar-refractivity contribution in [2.45, 2.75) is 41.5 Å². The minimum Gasteiger partial charge on any atom is -0.872 e. The molecule has 6 rings (SSSR count). The van der Waals surface area contributed by atoms with Gasteiger partial charge in [-0.15, -0.1) is 17.2 Å². The van der Waals surface area contributed by atoms with Crippen molar-refractivity contribution < 1.29 is 15.3 Å². The van der Waals surface area contributed by atoms with Crippen molar-refractivity contribution in [3.8, 4) is 50.6 Å². The first-order valence-electron chi connectivity index (χ1n) is 15.0. The molecule has 228 valence electrons. The fraction of sp³-hybridized carbons (Fsp3) is 0.143. The number of rotatable bonds is 3.